The van der Waals surface area contributed by atoms with Crippen molar-refractivity contribution in [1.82, 2.24) is 0 Å². The first-order valence-corrected chi connectivity index (χ1v) is 7.47. The third-order valence-electron chi connectivity index (χ3n) is 3.52. The van der Waals surface area contributed by atoms with E-state index in [9.17, 15) is 4.39 Å². The summed E-state index contributed by atoms with van der Waals surface area (Å²) in [5, 5.41) is 3.43. The van der Waals surface area contributed by atoms with Gasteiger partial charge < -0.3 is 5.32 Å². The largest absolute Gasteiger partial charge is 0.379 e. The van der Waals surface area contributed by atoms with E-state index in [1.54, 1.807) is 13.0 Å². The van der Waals surface area contributed by atoms with Gasteiger partial charge in [-0.25, -0.2) is 4.39 Å². The van der Waals surface area contributed by atoms with Crippen molar-refractivity contribution >= 4 is 21.6 Å². The highest BCUT2D eigenvalue weighted by Crippen LogP contribution is 2.27. The summed E-state index contributed by atoms with van der Waals surface area (Å²) in [6.45, 7) is 7.95. The van der Waals surface area contributed by atoms with Crippen LogP contribution in [0.2, 0.25) is 0 Å². The van der Waals surface area contributed by atoms with Crippen molar-refractivity contribution in [3.05, 3.63) is 62.9 Å². The third-order valence-corrected chi connectivity index (χ3v) is 4.77. The second kappa shape index (κ2) is 5.96. The second-order valence-corrected chi connectivity index (χ2v) is 6.09. The molecule has 0 aliphatic rings. The van der Waals surface area contributed by atoms with Gasteiger partial charge in [0.05, 0.1) is 0 Å². The molecule has 0 radical (unpaired) electrons. The second-order valence-electron chi connectivity index (χ2n) is 5.30. The molecule has 0 aromatic heterocycles. The molecule has 2 aromatic rings. The van der Waals surface area contributed by atoms with Crippen LogP contribution in [0.5, 0.6) is 0 Å². The highest BCUT2D eigenvalue weighted by molar-refractivity contribution is 9.10. The highest BCUT2D eigenvalue weighted by atomic mass is 79.9. The topological polar surface area (TPSA) is 12.0 Å². The molecule has 2 aromatic carbocycles. The van der Waals surface area contributed by atoms with Gasteiger partial charge in [-0.15, -0.1) is 0 Å². The summed E-state index contributed by atoms with van der Waals surface area (Å²) >= 11 is 3.56. The molecule has 2 rings (SSSR count). The standard InChI is InChI=1S/C17H19BrFN/c1-10-5-6-14(9-16(10)19)13(4)20-15-7-11(2)17(18)12(3)8-15/h5-9,13,20H,1-4H3. The van der Waals surface area contributed by atoms with Crippen molar-refractivity contribution in [2.24, 2.45) is 0 Å². The number of halogens is 2. The molecule has 0 bridgehead atoms. The molecule has 1 N–H and O–H groups in total. The van der Waals surface area contributed by atoms with Gasteiger partial charge in [-0.3, -0.25) is 0 Å². The van der Waals surface area contributed by atoms with Crippen molar-refractivity contribution in [3.8, 4) is 0 Å². The Balaban J connectivity index is 2.23. The molecular weight excluding hydrogens is 317 g/mol. The lowest BCUT2D eigenvalue weighted by atomic mass is 10.0. The number of rotatable bonds is 3. The molecule has 1 atom stereocenters. The zero-order valence-corrected chi connectivity index (χ0v) is 13.8. The number of nitrogens with one attached hydrogen (secondary N) is 1. The maximum atomic E-state index is 13.6. The Morgan fingerprint density at radius 3 is 2.15 bits per heavy atom. The predicted molar refractivity (Wildman–Crippen MR) is 86.8 cm³/mol. The van der Waals surface area contributed by atoms with Crippen LogP contribution in [0.15, 0.2) is 34.8 Å². The molecule has 0 fully saturated rings. The summed E-state index contributed by atoms with van der Waals surface area (Å²) < 4.78 is 14.8. The van der Waals surface area contributed by atoms with Crippen LogP contribution < -0.4 is 5.32 Å². The number of hydrogen-bond donors (Lipinski definition) is 1. The highest BCUT2D eigenvalue weighted by Gasteiger charge is 2.09. The van der Waals surface area contributed by atoms with E-state index < -0.39 is 0 Å². The Morgan fingerprint density at radius 1 is 1.00 bits per heavy atom. The predicted octanol–water partition coefficient (Wildman–Crippen LogP) is 5.69. The van der Waals surface area contributed by atoms with Gasteiger partial charge in [0, 0.05) is 16.2 Å². The van der Waals surface area contributed by atoms with Crippen LogP contribution in [0.1, 0.15) is 35.2 Å². The number of anilines is 1. The summed E-state index contributed by atoms with van der Waals surface area (Å²) in [5.74, 6) is -0.153. The van der Waals surface area contributed by atoms with Crippen molar-refractivity contribution in [1.29, 1.82) is 0 Å². The number of aryl methyl sites for hydroxylation is 3. The van der Waals surface area contributed by atoms with E-state index in [2.05, 4.69) is 47.2 Å². The van der Waals surface area contributed by atoms with Crippen LogP contribution in [0, 0.1) is 26.6 Å². The monoisotopic (exact) mass is 335 g/mol. The van der Waals surface area contributed by atoms with Gasteiger partial charge in [0.25, 0.3) is 0 Å². The van der Waals surface area contributed by atoms with Crippen molar-refractivity contribution < 1.29 is 4.39 Å². The minimum absolute atomic E-state index is 0.0603. The molecular formula is C17H19BrFN. The fourth-order valence-corrected chi connectivity index (χ4v) is 2.47. The molecule has 106 valence electrons. The summed E-state index contributed by atoms with van der Waals surface area (Å²) in [7, 11) is 0. The minimum atomic E-state index is -0.153. The van der Waals surface area contributed by atoms with E-state index in [1.807, 2.05) is 19.1 Å². The van der Waals surface area contributed by atoms with Crippen LogP contribution >= 0.6 is 15.9 Å². The quantitative estimate of drug-likeness (QED) is 0.760. The van der Waals surface area contributed by atoms with E-state index in [0.29, 0.717) is 5.56 Å². The number of benzene rings is 2. The van der Waals surface area contributed by atoms with Crippen LogP contribution in [0.25, 0.3) is 0 Å². The van der Waals surface area contributed by atoms with Gasteiger partial charge in [0.2, 0.25) is 0 Å². The first kappa shape index (κ1) is 15.0. The van der Waals surface area contributed by atoms with Crippen LogP contribution in [-0.4, -0.2) is 0 Å². The maximum Gasteiger partial charge on any atom is 0.126 e. The maximum absolute atomic E-state index is 13.6. The third kappa shape index (κ3) is 3.21. The van der Waals surface area contributed by atoms with E-state index >= 15 is 0 Å². The van der Waals surface area contributed by atoms with E-state index in [-0.39, 0.29) is 11.9 Å². The molecule has 1 nitrogen and oxygen atoms in total. The van der Waals surface area contributed by atoms with Crippen LogP contribution in [0.4, 0.5) is 10.1 Å². The zero-order chi connectivity index (χ0) is 14.9. The molecule has 0 aliphatic carbocycles. The number of hydrogen-bond acceptors (Lipinski definition) is 1. The molecule has 0 saturated heterocycles. The van der Waals surface area contributed by atoms with Crippen LogP contribution in [-0.2, 0) is 0 Å². The Hall–Kier alpha value is -1.35. The van der Waals surface area contributed by atoms with Gasteiger partial charge in [-0.1, -0.05) is 28.1 Å². The fraction of sp³-hybridized carbons (Fsp3) is 0.294. The van der Waals surface area contributed by atoms with Gasteiger partial charge in [-0.05, 0) is 68.1 Å². The molecule has 0 saturated carbocycles. The van der Waals surface area contributed by atoms with E-state index in [4.69, 9.17) is 0 Å². The molecule has 20 heavy (non-hydrogen) atoms. The van der Waals surface area contributed by atoms with Crippen molar-refractivity contribution in [2.45, 2.75) is 33.7 Å². The fourth-order valence-electron chi connectivity index (χ4n) is 2.24. The summed E-state index contributed by atoms with van der Waals surface area (Å²) in [5.41, 5.74) is 5.06. The lowest BCUT2D eigenvalue weighted by Crippen LogP contribution is -2.07. The zero-order valence-electron chi connectivity index (χ0n) is 12.2. The minimum Gasteiger partial charge on any atom is -0.379 e. The van der Waals surface area contributed by atoms with Crippen molar-refractivity contribution in [3.63, 3.8) is 0 Å². The molecule has 0 heterocycles. The van der Waals surface area contributed by atoms with Gasteiger partial charge in [0.15, 0.2) is 0 Å². The molecule has 0 spiro atoms. The van der Waals surface area contributed by atoms with Gasteiger partial charge in [-0.2, -0.15) is 0 Å². The smallest absolute Gasteiger partial charge is 0.126 e. The SMILES string of the molecule is Cc1ccc(C(C)Nc2cc(C)c(Br)c(C)c2)cc1F. The normalized spacial score (nSPS) is 12.3. The summed E-state index contributed by atoms with van der Waals surface area (Å²) in [6, 6.07) is 9.64. The first-order chi connectivity index (χ1) is 9.38. The average molecular weight is 336 g/mol. The molecule has 0 aliphatic heterocycles. The Kier molecular flexibility index (Phi) is 4.48. The summed E-state index contributed by atoms with van der Waals surface area (Å²) in [4.78, 5) is 0. The molecule has 0 amide bonds. The van der Waals surface area contributed by atoms with E-state index in [0.717, 1.165) is 15.7 Å². The van der Waals surface area contributed by atoms with Gasteiger partial charge in [0.1, 0.15) is 5.82 Å². The molecule has 3 heteroatoms. The van der Waals surface area contributed by atoms with Crippen molar-refractivity contribution in [2.75, 3.05) is 5.32 Å². The lowest BCUT2D eigenvalue weighted by molar-refractivity contribution is 0.614. The van der Waals surface area contributed by atoms with Crippen LogP contribution in [0.3, 0.4) is 0 Å². The Labute approximate surface area is 128 Å². The van der Waals surface area contributed by atoms with E-state index in [1.165, 1.54) is 11.1 Å². The average Bonchev–Trinajstić information content (AvgIpc) is 2.39. The summed E-state index contributed by atoms with van der Waals surface area (Å²) in [6.07, 6.45) is 0. The Bertz CT molecular complexity index is 614. The lowest BCUT2D eigenvalue weighted by Gasteiger charge is -2.18. The first-order valence-electron chi connectivity index (χ1n) is 6.68. The molecule has 1 unspecified atom stereocenters. The Morgan fingerprint density at radius 2 is 1.60 bits per heavy atom. The van der Waals surface area contributed by atoms with Gasteiger partial charge >= 0.3 is 0 Å².